The zero-order valence-electron chi connectivity index (χ0n) is 10.6. The van der Waals surface area contributed by atoms with E-state index < -0.39 is 5.82 Å². The summed E-state index contributed by atoms with van der Waals surface area (Å²) >= 11 is 0. The summed E-state index contributed by atoms with van der Waals surface area (Å²) in [6.45, 7) is 6.02. The van der Waals surface area contributed by atoms with E-state index in [2.05, 4.69) is 10.1 Å². The maximum absolute atomic E-state index is 13.3. The molecule has 18 heavy (non-hydrogen) atoms. The van der Waals surface area contributed by atoms with Gasteiger partial charge in [-0.05, 0) is 12.1 Å². The zero-order valence-corrected chi connectivity index (χ0v) is 10.6. The van der Waals surface area contributed by atoms with Crippen molar-refractivity contribution in [3.05, 3.63) is 41.8 Å². The number of halogens is 1. The molecule has 2 aromatic rings. The Balaban J connectivity index is 2.03. The Bertz CT molecular complexity index is 532. The summed E-state index contributed by atoms with van der Waals surface area (Å²) in [6.07, 6.45) is 0. The topological polar surface area (TPSA) is 48.2 Å². The predicted octanol–water partition coefficient (Wildman–Crippen LogP) is 3.09. The minimum atomic E-state index is -0.409. The van der Waals surface area contributed by atoms with Crippen LogP contribution in [0.15, 0.2) is 28.8 Å². The van der Waals surface area contributed by atoms with Gasteiger partial charge >= 0.3 is 0 Å². The minimum Gasteiger partial charge on any atom is -0.481 e. The van der Waals surface area contributed by atoms with Crippen LogP contribution in [0.1, 0.15) is 32.5 Å². The molecule has 0 N–H and O–H groups in total. The maximum Gasteiger partial charge on any atom is 0.264 e. The Labute approximate surface area is 105 Å². The number of benzene rings is 1. The summed E-state index contributed by atoms with van der Waals surface area (Å²) in [5.41, 5.74) is -0.181. The second-order valence-corrected chi connectivity index (χ2v) is 4.98. The lowest BCUT2D eigenvalue weighted by Gasteiger charge is -2.10. The number of hydrogen-bond donors (Lipinski definition) is 0. The highest BCUT2D eigenvalue weighted by Gasteiger charge is 2.21. The molecular formula is C13H15FN2O2. The molecule has 96 valence electrons. The molecule has 1 aromatic heterocycles. The van der Waals surface area contributed by atoms with Gasteiger partial charge in [-0.25, -0.2) is 4.39 Å². The van der Waals surface area contributed by atoms with Crippen LogP contribution in [0.5, 0.6) is 5.75 Å². The molecule has 0 fully saturated rings. The number of ether oxygens (including phenoxy) is 1. The summed E-state index contributed by atoms with van der Waals surface area (Å²) < 4.78 is 23.6. The van der Waals surface area contributed by atoms with Gasteiger partial charge in [0.05, 0.1) is 0 Å². The molecule has 1 aromatic carbocycles. The number of nitrogens with zero attached hydrogens (tertiary/aromatic N) is 2. The van der Waals surface area contributed by atoms with Crippen LogP contribution in [0.25, 0.3) is 0 Å². The quantitative estimate of drug-likeness (QED) is 0.839. The number of hydrogen-bond acceptors (Lipinski definition) is 4. The van der Waals surface area contributed by atoms with Crippen molar-refractivity contribution in [2.75, 3.05) is 0 Å². The average Bonchev–Trinajstić information content (AvgIpc) is 2.76. The van der Waals surface area contributed by atoms with E-state index in [0.717, 1.165) is 0 Å². The van der Waals surface area contributed by atoms with Gasteiger partial charge in [0.2, 0.25) is 0 Å². The Morgan fingerprint density at radius 1 is 1.28 bits per heavy atom. The molecule has 0 aliphatic rings. The Kier molecular flexibility index (Phi) is 3.32. The lowest BCUT2D eigenvalue weighted by atomic mass is 9.96. The van der Waals surface area contributed by atoms with Crippen molar-refractivity contribution in [2.24, 2.45) is 0 Å². The Hall–Kier alpha value is -1.91. The highest BCUT2D eigenvalue weighted by atomic mass is 19.1. The first-order valence-electron chi connectivity index (χ1n) is 5.67. The van der Waals surface area contributed by atoms with Crippen LogP contribution in [-0.4, -0.2) is 10.1 Å². The van der Waals surface area contributed by atoms with Crippen LogP contribution >= 0.6 is 0 Å². The number of aromatic nitrogens is 2. The monoisotopic (exact) mass is 250 g/mol. The lowest BCUT2D eigenvalue weighted by molar-refractivity contribution is 0.233. The van der Waals surface area contributed by atoms with Gasteiger partial charge in [-0.2, -0.15) is 4.98 Å². The fraction of sp³-hybridized carbons (Fsp3) is 0.385. The third-order valence-corrected chi connectivity index (χ3v) is 2.33. The fourth-order valence-corrected chi connectivity index (χ4v) is 1.32. The molecule has 0 bridgehead atoms. The van der Waals surface area contributed by atoms with Gasteiger partial charge in [-0.15, -0.1) is 0 Å². The standard InChI is InChI=1S/C13H15FN2O2/c1-13(2,3)12-15-11(18-16-12)8-17-10-7-5-4-6-9(10)14/h4-7H,8H2,1-3H3. The van der Waals surface area contributed by atoms with Crippen LogP contribution in [0, 0.1) is 5.82 Å². The van der Waals surface area contributed by atoms with Crippen molar-refractivity contribution in [2.45, 2.75) is 32.8 Å². The molecular weight excluding hydrogens is 235 g/mol. The summed E-state index contributed by atoms with van der Waals surface area (Å²) in [5.74, 6) is 0.707. The molecule has 1 heterocycles. The van der Waals surface area contributed by atoms with Gasteiger partial charge in [0.15, 0.2) is 24.0 Å². The third-order valence-electron chi connectivity index (χ3n) is 2.33. The SMILES string of the molecule is CC(C)(C)c1noc(COc2ccccc2F)n1. The largest absolute Gasteiger partial charge is 0.481 e. The molecule has 4 nitrogen and oxygen atoms in total. The Morgan fingerprint density at radius 2 is 2.00 bits per heavy atom. The van der Waals surface area contributed by atoms with Crippen molar-refractivity contribution < 1.29 is 13.7 Å². The van der Waals surface area contributed by atoms with Crippen molar-refractivity contribution in [3.8, 4) is 5.75 Å². The number of para-hydroxylation sites is 1. The average molecular weight is 250 g/mol. The molecule has 0 spiro atoms. The van der Waals surface area contributed by atoms with Gasteiger partial charge < -0.3 is 9.26 Å². The molecule has 0 atom stereocenters. The van der Waals surface area contributed by atoms with E-state index in [1.54, 1.807) is 18.2 Å². The lowest BCUT2D eigenvalue weighted by Crippen LogP contribution is -2.13. The molecule has 0 amide bonds. The first kappa shape index (κ1) is 12.5. The summed E-state index contributed by atoms with van der Waals surface area (Å²) in [7, 11) is 0. The van der Waals surface area contributed by atoms with Crippen LogP contribution in [0.4, 0.5) is 4.39 Å². The molecule has 0 saturated heterocycles. The normalized spacial score (nSPS) is 11.6. The first-order valence-corrected chi connectivity index (χ1v) is 5.67. The van der Waals surface area contributed by atoms with E-state index in [1.807, 2.05) is 20.8 Å². The van der Waals surface area contributed by atoms with E-state index in [4.69, 9.17) is 9.26 Å². The molecule has 0 aliphatic heterocycles. The van der Waals surface area contributed by atoms with E-state index in [0.29, 0.717) is 11.7 Å². The molecule has 0 unspecified atom stereocenters. The zero-order chi connectivity index (χ0) is 13.2. The van der Waals surface area contributed by atoms with Crippen molar-refractivity contribution in [1.29, 1.82) is 0 Å². The molecule has 0 radical (unpaired) electrons. The minimum absolute atomic E-state index is 0.0595. The summed E-state index contributed by atoms with van der Waals surface area (Å²) in [5, 5.41) is 3.86. The van der Waals surface area contributed by atoms with Crippen molar-refractivity contribution >= 4 is 0 Å². The third kappa shape index (κ3) is 2.85. The van der Waals surface area contributed by atoms with E-state index in [1.165, 1.54) is 6.07 Å². The number of rotatable bonds is 3. The van der Waals surface area contributed by atoms with E-state index in [9.17, 15) is 4.39 Å². The van der Waals surface area contributed by atoms with Crippen LogP contribution in [-0.2, 0) is 12.0 Å². The van der Waals surface area contributed by atoms with Crippen LogP contribution < -0.4 is 4.74 Å². The summed E-state index contributed by atoms with van der Waals surface area (Å²) in [6, 6.07) is 6.19. The second kappa shape index (κ2) is 4.76. The highest BCUT2D eigenvalue weighted by Crippen LogP contribution is 2.20. The molecule has 0 aliphatic carbocycles. The summed E-state index contributed by atoms with van der Waals surface area (Å²) in [4.78, 5) is 4.20. The van der Waals surface area contributed by atoms with Crippen LogP contribution in [0.3, 0.4) is 0 Å². The first-order chi connectivity index (χ1) is 8.47. The predicted molar refractivity (Wildman–Crippen MR) is 63.7 cm³/mol. The van der Waals surface area contributed by atoms with Crippen molar-refractivity contribution in [1.82, 2.24) is 10.1 Å². The van der Waals surface area contributed by atoms with Crippen molar-refractivity contribution in [3.63, 3.8) is 0 Å². The highest BCUT2D eigenvalue weighted by molar-refractivity contribution is 5.23. The maximum atomic E-state index is 13.3. The van der Waals surface area contributed by atoms with Gasteiger partial charge in [0.25, 0.3) is 5.89 Å². The van der Waals surface area contributed by atoms with Gasteiger partial charge in [-0.3, -0.25) is 0 Å². The van der Waals surface area contributed by atoms with E-state index in [-0.39, 0.29) is 17.8 Å². The molecule has 5 heteroatoms. The van der Waals surface area contributed by atoms with E-state index >= 15 is 0 Å². The van der Waals surface area contributed by atoms with Gasteiger partial charge in [-0.1, -0.05) is 38.1 Å². The second-order valence-electron chi connectivity index (χ2n) is 4.98. The molecule has 2 rings (SSSR count). The smallest absolute Gasteiger partial charge is 0.264 e. The van der Waals surface area contributed by atoms with Gasteiger partial charge in [0.1, 0.15) is 0 Å². The molecule has 0 saturated carbocycles. The van der Waals surface area contributed by atoms with Crippen LogP contribution in [0.2, 0.25) is 0 Å². The Morgan fingerprint density at radius 3 is 2.61 bits per heavy atom. The fourth-order valence-electron chi connectivity index (χ4n) is 1.32. The van der Waals surface area contributed by atoms with Gasteiger partial charge in [0, 0.05) is 5.41 Å².